The molecule has 2 aromatic carbocycles. The highest BCUT2D eigenvalue weighted by atomic mass is 79.9. The molecule has 0 atom stereocenters. The van der Waals surface area contributed by atoms with Crippen molar-refractivity contribution in [2.75, 3.05) is 42.9 Å². The van der Waals surface area contributed by atoms with Crippen molar-refractivity contribution >= 4 is 45.6 Å². The van der Waals surface area contributed by atoms with Gasteiger partial charge in [0.1, 0.15) is 0 Å². The van der Waals surface area contributed by atoms with Crippen LogP contribution in [0.25, 0.3) is 0 Å². The maximum Gasteiger partial charge on any atom is 0.238 e. The van der Waals surface area contributed by atoms with Crippen LogP contribution in [0.5, 0.6) is 0 Å². The maximum atomic E-state index is 12.3. The molecule has 0 radical (unpaired) electrons. The van der Waals surface area contributed by atoms with Crippen LogP contribution in [-0.2, 0) is 4.79 Å². The first-order chi connectivity index (χ1) is 11.6. The molecule has 1 aliphatic rings. The van der Waals surface area contributed by atoms with Crippen molar-refractivity contribution in [3.8, 4) is 0 Å². The van der Waals surface area contributed by atoms with Crippen molar-refractivity contribution in [1.82, 2.24) is 4.90 Å². The predicted octanol–water partition coefficient (Wildman–Crippen LogP) is 3.94. The number of halogens is 2. The molecule has 1 aliphatic heterocycles. The number of carbonyl (C=O) groups is 1. The van der Waals surface area contributed by atoms with E-state index in [2.05, 4.69) is 55.3 Å². The van der Waals surface area contributed by atoms with Crippen LogP contribution in [0.2, 0.25) is 0 Å². The lowest BCUT2D eigenvalue weighted by Crippen LogP contribution is -2.48. The Morgan fingerprint density at radius 3 is 2.40 bits per heavy atom. The van der Waals surface area contributed by atoms with Gasteiger partial charge >= 0.3 is 0 Å². The Labute approximate surface area is 163 Å². The molecule has 1 fully saturated rings. The second-order valence-corrected chi connectivity index (χ2v) is 6.98. The molecule has 2 aromatic rings. The molecule has 0 saturated carbocycles. The molecule has 134 valence electrons. The molecule has 0 unspecified atom stereocenters. The second kappa shape index (κ2) is 9.22. The minimum absolute atomic E-state index is 0. The van der Waals surface area contributed by atoms with Crippen molar-refractivity contribution in [3.05, 3.63) is 58.6 Å². The fourth-order valence-electron chi connectivity index (χ4n) is 2.92. The van der Waals surface area contributed by atoms with Crippen LogP contribution in [-0.4, -0.2) is 43.5 Å². The molecule has 6 heteroatoms. The Morgan fingerprint density at radius 2 is 1.76 bits per heavy atom. The number of nitrogens with zero attached hydrogens (tertiary/aromatic N) is 2. The molecule has 1 heterocycles. The zero-order valence-corrected chi connectivity index (χ0v) is 16.6. The summed E-state index contributed by atoms with van der Waals surface area (Å²) in [4.78, 5) is 16.9. The number of piperazine rings is 1. The fraction of sp³-hybridized carbons (Fsp3) is 0.316. The summed E-state index contributed by atoms with van der Waals surface area (Å²) in [6.07, 6.45) is 0. The molecule has 1 N–H and O–H groups in total. The molecule has 0 aromatic heterocycles. The highest BCUT2D eigenvalue weighted by molar-refractivity contribution is 9.10. The highest BCUT2D eigenvalue weighted by Gasteiger charge is 2.19. The summed E-state index contributed by atoms with van der Waals surface area (Å²) in [5, 5.41) is 2.99. The zero-order valence-electron chi connectivity index (χ0n) is 14.2. The largest absolute Gasteiger partial charge is 0.369 e. The Hall–Kier alpha value is -1.56. The number of nitrogens with one attached hydrogen (secondary N) is 1. The van der Waals surface area contributed by atoms with Crippen LogP contribution in [0.3, 0.4) is 0 Å². The lowest BCUT2D eigenvalue weighted by Gasteiger charge is -2.35. The Kier molecular flexibility index (Phi) is 7.29. The van der Waals surface area contributed by atoms with Gasteiger partial charge in [-0.3, -0.25) is 9.69 Å². The number of amides is 1. The smallest absolute Gasteiger partial charge is 0.238 e. The third-order valence-electron chi connectivity index (χ3n) is 4.26. The summed E-state index contributed by atoms with van der Waals surface area (Å²) in [7, 11) is 0. The van der Waals surface area contributed by atoms with E-state index in [1.54, 1.807) is 0 Å². The molecule has 3 rings (SSSR count). The van der Waals surface area contributed by atoms with Crippen molar-refractivity contribution in [2.45, 2.75) is 6.92 Å². The van der Waals surface area contributed by atoms with Gasteiger partial charge in [0.2, 0.25) is 5.91 Å². The fourth-order valence-corrected chi connectivity index (χ4v) is 3.51. The topological polar surface area (TPSA) is 35.6 Å². The van der Waals surface area contributed by atoms with Gasteiger partial charge in [-0.05, 0) is 52.7 Å². The first kappa shape index (κ1) is 19.8. The van der Waals surface area contributed by atoms with Crippen molar-refractivity contribution in [1.29, 1.82) is 0 Å². The number of benzene rings is 2. The molecule has 1 amide bonds. The molecule has 0 spiro atoms. The van der Waals surface area contributed by atoms with Crippen LogP contribution in [0, 0.1) is 6.92 Å². The van der Waals surface area contributed by atoms with Gasteiger partial charge in [0.05, 0.1) is 12.2 Å². The summed E-state index contributed by atoms with van der Waals surface area (Å²) in [6, 6.07) is 16.4. The van der Waals surface area contributed by atoms with Crippen LogP contribution in [0.15, 0.2) is 53.0 Å². The van der Waals surface area contributed by atoms with Crippen molar-refractivity contribution in [2.24, 2.45) is 0 Å². The van der Waals surface area contributed by atoms with Gasteiger partial charge in [-0.15, -0.1) is 12.4 Å². The van der Waals surface area contributed by atoms with Crippen molar-refractivity contribution in [3.63, 3.8) is 0 Å². The first-order valence-electron chi connectivity index (χ1n) is 8.20. The normalized spacial score (nSPS) is 14.7. The molecule has 25 heavy (non-hydrogen) atoms. The SMILES string of the molecule is Cc1ccc(NC(=O)CN2CCN(c3ccccc3)CC2)c(Br)c1.Cl. The Balaban J connectivity index is 0.00000225. The van der Waals surface area contributed by atoms with Gasteiger partial charge in [-0.25, -0.2) is 0 Å². The monoisotopic (exact) mass is 423 g/mol. The van der Waals surface area contributed by atoms with Gasteiger partial charge in [0.15, 0.2) is 0 Å². The minimum atomic E-state index is 0. The van der Waals surface area contributed by atoms with Gasteiger partial charge in [0.25, 0.3) is 0 Å². The number of anilines is 2. The molecule has 4 nitrogen and oxygen atoms in total. The number of para-hydroxylation sites is 1. The summed E-state index contributed by atoms with van der Waals surface area (Å²) < 4.78 is 0.921. The predicted molar refractivity (Wildman–Crippen MR) is 110 cm³/mol. The lowest BCUT2D eigenvalue weighted by molar-refractivity contribution is -0.117. The molecule has 0 bridgehead atoms. The third kappa shape index (κ3) is 5.46. The number of carbonyl (C=O) groups excluding carboxylic acids is 1. The maximum absolute atomic E-state index is 12.3. The summed E-state index contributed by atoms with van der Waals surface area (Å²) in [6.45, 7) is 6.16. The van der Waals surface area contributed by atoms with E-state index in [0.29, 0.717) is 6.54 Å². The quantitative estimate of drug-likeness (QED) is 0.807. The van der Waals surface area contributed by atoms with Crippen LogP contribution in [0.1, 0.15) is 5.56 Å². The van der Waals surface area contributed by atoms with E-state index in [1.807, 2.05) is 31.2 Å². The summed E-state index contributed by atoms with van der Waals surface area (Å²) >= 11 is 3.50. The average Bonchev–Trinajstić information content (AvgIpc) is 2.59. The number of rotatable bonds is 4. The standard InChI is InChI=1S/C19H22BrN3O.ClH/c1-15-7-8-18(17(20)13-15)21-19(24)14-22-9-11-23(12-10-22)16-5-3-2-4-6-16;/h2-8,13H,9-12,14H2,1H3,(H,21,24);1H. The minimum Gasteiger partial charge on any atom is -0.369 e. The van der Waals surface area contributed by atoms with Gasteiger partial charge < -0.3 is 10.2 Å². The van der Waals surface area contributed by atoms with Gasteiger partial charge in [0, 0.05) is 36.3 Å². The second-order valence-electron chi connectivity index (χ2n) is 6.13. The van der Waals surface area contributed by atoms with E-state index in [1.165, 1.54) is 5.69 Å². The Bertz CT molecular complexity index is 703. The lowest BCUT2D eigenvalue weighted by atomic mass is 10.2. The first-order valence-corrected chi connectivity index (χ1v) is 8.99. The van der Waals surface area contributed by atoms with E-state index in [9.17, 15) is 4.79 Å². The molecular weight excluding hydrogens is 402 g/mol. The van der Waals surface area contributed by atoms with E-state index in [4.69, 9.17) is 0 Å². The molecule has 1 saturated heterocycles. The molecule has 0 aliphatic carbocycles. The van der Waals surface area contributed by atoms with Gasteiger partial charge in [-0.2, -0.15) is 0 Å². The van der Waals surface area contributed by atoms with Crippen molar-refractivity contribution < 1.29 is 4.79 Å². The highest BCUT2D eigenvalue weighted by Crippen LogP contribution is 2.23. The third-order valence-corrected chi connectivity index (χ3v) is 4.92. The number of aryl methyl sites for hydroxylation is 1. The zero-order chi connectivity index (χ0) is 16.9. The van der Waals surface area contributed by atoms with Gasteiger partial charge in [-0.1, -0.05) is 24.3 Å². The number of hydrogen-bond donors (Lipinski definition) is 1. The Morgan fingerprint density at radius 1 is 1.08 bits per heavy atom. The number of hydrogen-bond acceptors (Lipinski definition) is 3. The summed E-state index contributed by atoms with van der Waals surface area (Å²) in [5.74, 6) is 0.0349. The van der Waals surface area contributed by atoms with E-state index >= 15 is 0 Å². The van der Waals surface area contributed by atoms with Crippen LogP contribution in [0.4, 0.5) is 11.4 Å². The van der Waals surface area contributed by atoms with E-state index < -0.39 is 0 Å². The average molecular weight is 425 g/mol. The van der Waals surface area contributed by atoms with Crippen LogP contribution < -0.4 is 10.2 Å². The molecular formula is C19H23BrClN3O. The van der Waals surface area contributed by atoms with Crippen LogP contribution >= 0.6 is 28.3 Å². The summed E-state index contributed by atoms with van der Waals surface area (Å²) in [5.41, 5.74) is 3.25. The van der Waals surface area contributed by atoms with E-state index in [0.717, 1.165) is 41.9 Å². The van der Waals surface area contributed by atoms with E-state index in [-0.39, 0.29) is 18.3 Å².